The molecule has 0 radical (unpaired) electrons. The fraction of sp³-hybridized carbons (Fsp3) is 0.308. The van der Waals surface area contributed by atoms with Crippen LogP contribution in [0.2, 0.25) is 0 Å². The maximum atomic E-state index is 11.8. The number of nitrogens with zero attached hydrogens (tertiary/aromatic N) is 1. The molecule has 4 nitrogen and oxygen atoms in total. The molecular formula is C13H14N2O2S2. The molecule has 1 N–H and O–H groups in total. The third-order valence-electron chi connectivity index (χ3n) is 2.44. The summed E-state index contributed by atoms with van der Waals surface area (Å²) in [5.74, 6) is 1.25. The van der Waals surface area contributed by atoms with E-state index < -0.39 is 0 Å². The zero-order valence-corrected chi connectivity index (χ0v) is 12.1. The molecule has 0 spiro atoms. The van der Waals surface area contributed by atoms with Gasteiger partial charge in [0.25, 0.3) is 0 Å². The predicted molar refractivity (Wildman–Crippen MR) is 82.3 cm³/mol. The van der Waals surface area contributed by atoms with Crippen molar-refractivity contribution in [3.63, 3.8) is 0 Å². The molecule has 2 rings (SSSR count). The monoisotopic (exact) mass is 294 g/mol. The lowest BCUT2D eigenvalue weighted by atomic mass is 10.1. The van der Waals surface area contributed by atoms with Crippen molar-refractivity contribution >= 4 is 45.3 Å². The number of carbonyl (C=O) groups is 2. The Hall–Kier alpha value is -1.27. The standard InChI is InChI=1S/C13H14N2O2S2/c1-9(16)10-3-2-4-11(7-10)15-12(17)8-19-13-14-5-6-18-13/h2-4,7H,5-6,8H2,1H3,(H,15,17). The summed E-state index contributed by atoms with van der Waals surface area (Å²) >= 11 is 3.14. The average molecular weight is 294 g/mol. The van der Waals surface area contributed by atoms with E-state index >= 15 is 0 Å². The number of rotatable bonds is 4. The van der Waals surface area contributed by atoms with Crippen molar-refractivity contribution in [2.24, 2.45) is 4.99 Å². The van der Waals surface area contributed by atoms with Crippen LogP contribution < -0.4 is 5.32 Å². The molecule has 1 aliphatic rings. The van der Waals surface area contributed by atoms with E-state index in [1.807, 2.05) is 0 Å². The highest BCUT2D eigenvalue weighted by Gasteiger charge is 2.11. The van der Waals surface area contributed by atoms with Crippen molar-refractivity contribution in [3.8, 4) is 0 Å². The van der Waals surface area contributed by atoms with Gasteiger partial charge in [-0.25, -0.2) is 0 Å². The van der Waals surface area contributed by atoms with Crippen LogP contribution in [0, 0.1) is 0 Å². The van der Waals surface area contributed by atoms with E-state index in [0.29, 0.717) is 17.0 Å². The lowest BCUT2D eigenvalue weighted by molar-refractivity contribution is -0.113. The Labute approximate surface area is 120 Å². The minimum atomic E-state index is -0.0825. The number of amides is 1. The van der Waals surface area contributed by atoms with E-state index in [9.17, 15) is 9.59 Å². The first-order chi connectivity index (χ1) is 9.15. The van der Waals surface area contributed by atoms with Gasteiger partial charge in [0.2, 0.25) is 5.91 Å². The van der Waals surface area contributed by atoms with Gasteiger partial charge >= 0.3 is 0 Å². The molecule has 0 aromatic heterocycles. The van der Waals surface area contributed by atoms with Crippen molar-refractivity contribution in [2.45, 2.75) is 6.92 Å². The molecule has 19 heavy (non-hydrogen) atoms. The average Bonchev–Trinajstić information content (AvgIpc) is 2.90. The molecule has 0 fully saturated rings. The SMILES string of the molecule is CC(=O)c1cccc(NC(=O)CSC2=NCCS2)c1. The van der Waals surface area contributed by atoms with E-state index in [1.165, 1.54) is 18.7 Å². The molecule has 1 heterocycles. The highest BCUT2D eigenvalue weighted by Crippen LogP contribution is 2.22. The van der Waals surface area contributed by atoms with Gasteiger partial charge in [-0.1, -0.05) is 35.7 Å². The van der Waals surface area contributed by atoms with Gasteiger partial charge in [-0.05, 0) is 19.1 Å². The molecule has 1 aromatic rings. The summed E-state index contributed by atoms with van der Waals surface area (Å²) in [6.07, 6.45) is 0. The van der Waals surface area contributed by atoms with E-state index in [2.05, 4.69) is 10.3 Å². The van der Waals surface area contributed by atoms with Crippen molar-refractivity contribution in [1.29, 1.82) is 0 Å². The molecule has 1 aromatic carbocycles. The third-order valence-corrected chi connectivity index (χ3v) is 4.69. The highest BCUT2D eigenvalue weighted by atomic mass is 32.2. The molecule has 0 unspecified atom stereocenters. The van der Waals surface area contributed by atoms with Gasteiger partial charge in [0.1, 0.15) is 4.38 Å². The second-order valence-electron chi connectivity index (χ2n) is 3.97. The first-order valence-electron chi connectivity index (χ1n) is 5.86. The summed E-state index contributed by atoms with van der Waals surface area (Å²) < 4.78 is 0.979. The van der Waals surface area contributed by atoms with Crippen molar-refractivity contribution in [3.05, 3.63) is 29.8 Å². The largest absolute Gasteiger partial charge is 0.325 e. The van der Waals surface area contributed by atoms with Gasteiger partial charge in [0.15, 0.2) is 5.78 Å². The van der Waals surface area contributed by atoms with E-state index in [1.54, 1.807) is 36.0 Å². The Morgan fingerprint density at radius 2 is 2.32 bits per heavy atom. The number of aliphatic imine (C=N–C) groups is 1. The molecule has 0 bridgehead atoms. The van der Waals surface area contributed by atoms with Crippen LogP contribution in [0.5, 0.6) is 0 Å². The second kappa shape index (κ2) is 6.77. The van der Waals surface area contributed by atoms with Crippen LogP contribution in [-0.2, 0) is 4.79 Å². The van der Waals surface area contributed by atoms with Gasteiger partial charge in [-0.15, -0.1) is 0 Å². The summed E-state index contributed by atoms with van der Waals surface area (Å²) in [5, 5.41) is 2.78. The Bertz CT molecular complexity index is 529. The normalized spacial score (nSPS) is 14.1. The molecule has 0 atom stereocenters. The minimum Gasteiger partial charge on any atom is -0.325 e. The number of carbonyl (C=O) groups excluding carboxylic acids is 2. The number of hydrogen-bond acceptors (Lipinski definition) is 5. The van der Waals surface area contributed by atoms with Crippen LogP contribution in [-0.4, -0.2) is 34.1 Å². The summed E-state index contributed by atoms with van der Waals surface area (Å²) in [6.45, 7) is 2.35. The highest BCUT2D eigenvalue weighted by molar-refractivity contribution is 8.39. The zero-order chi connectivity index (χ0) is 13.7. The smallest absolute Gasteiger partial charge is 0.234 e. The first kappa shape index (κ1) is 14.1. The molecular weight excluding hydrogens is 280 g/mol. The number of hydrogen-bond donors (Lipinski definition) is 1. The van der Waals surface area contributed by atoms with Gasteiger partial charge < -0.3 is 5.32 Å². The van der Waals surface area contributed by atoms with Gasteiger partial charge in [0, 0.05) is 17.0 Å². The quantitative estimate of drug-likeness (QED) is 0.867. The Morgan fingerprint density at radius 3 is 3.00 bits per heavy atom. The Balaban J connectivity index is 1.87. The van der Waals surface area contributed by atoms with Crippen LogP contribution >= 0.6 is 23.5 Å². The van der Waals surface area contributed by atoms with Gasteiger partial charge in [-0.2, -0.15) is 0 Å². The van der Waals surface area contributed by atoms with E-state index in [4.69, 9.17) is 0 Å². The summed E-state index contributed by atoms with van der Waals surface area (Å²) in [6, 6.07) is 6.95. The molecule has 0 saturated carbocycles. The van der Waals surface area contributed by atoms with Crippen LogP contribution in [0.1, 0.15) is 17.3 Å². The van der Waals surface area contributed by atoms with Crippen molar-refractivity contribution in [2.75, 3.05) is 23.4 Å². The lowest BCUT2D eigenvalue weighted by Gasteiger charge is -2.06. The van der Waals surface area contributed by atoms with Gasteiger partial charge in [0.05, 0.1) is 12.3 Å². The Morgan fingerprint density at radius 1 is 1.47 bits per heavy atom. The third kappa shape index (κ3) is 4.40. The zero-order valence-electron chi connectivity index (χ0n) is 10.5. The molecule has 0 saturated heterocycles. The van der Waals surface area contributed by atoms with Crippen molar-refractivity contribution < 1.29 is 9.59 Å². The molecule has 100 valence electrons. The maximum Gasteiger partial charge on any atom is 0.234 e. The number of thioether (sulfide) groups is 2. The number of ketones is 1. The summed E-state index contributed by atoms with van der Waals surface area (Å²) in [7, 11) is 0. The van der Waals surface area contributed by atoms with E-state index in [-0.39, 0.29) is 11.7 Å². The first-order valence-corrected chi connectivity index (χ1v) is 7.83. The van der Waals surface area contributed by atoms with Crippen LogP contribution in [0.3, 0.4) is 0 Å². The minimum absolute atomic E-state index is 0.0119. The predicted octanol–water partition coefficient (Wildman–Crippen LogP) is 2.66. The fourth-order valence-corrected chi connectivity index (χ4v) is 3.35. The second-order valence-corrected chi connectivity index (χ2v) is 6.28. The molecule has 1 aliphatic heterocycles. The Kier molecular flexibility index (Phi) is 5.04. The van der Waals surface area contributed by atoms with Crippen molar-refractivity contribution in [1.82, 2.24) is 0 Å². The number of benzene rings is 1. The summed E-state index contributed by atoms with van der Waals surface area (Å²) in [4.78, 5) is 27.3. The fourth-order valence-electron chi connectivity index (χ4n) is 1.54. The summed E-state index contributed by atoms with van der Waals surface area (Å²) in [5.41, 5.74) is 1.25. The van der Waals surface area contributed by atoms with Crippen LogP contribution in [0.25, 0.3) is 0 Å². The lowest BCUT2D eigenvalue weighted by Crippen LogP contribution is -2.15. The molecule has 1 amide bonds. The topological polar surface area (TPSA) is 58.5 Å². The number of anilines is 1. The van der Waals surface area contributed by atoms with Crippen LogP contribution in [0.15, 0.2) is 29.3 Å². The van der Waals surface area contributed by atoms with Crippen LogP contribution in [0.4, 0.5) is 5.69 Å². The number of nitrogens with one attached hydrogen (secondary N) is 1. The maximum absolute atomic E-state index is 11.8. The van der Waals surface area contributed by atoms with Gasteiger partial charge in [-0.3, -0.25) is 14.6 Å². The number of Topliss-reactive ketones (excluding diaryl/α,β-unsaturated/α-hetero) is 1. The van der Waals surface area contributed by atoms with E-state index in [0.717, 1.165) is 16.7 Å². The molecule has 6 heteroatoms. The molecule has 0 aliphatic carbocycles.